The maximum Gasteiger partial charge on any atom is 0.225 e. The van der Waals surface area contributed by atoms with Crippen molar-refractivity contribution in [3.8, 4) is 5.75 Å². The van der Waals surface area contributed by atoms with Gasteiger partial charge in [-0.05, 0) is 42.2 Å². The molecule has 0 amide bonds. The summed E-state index contributed by atoms with van der Waals surface area (Å²) in [7, 11) is 0. The monoisotopic (exact) mass is 404 g/mol. The zero-order valence-electron chi connectivity index (χ0n) is 16.8. The zero-order valence-corrected chi connectivity index (χ0v) is 17.6. The van der Waals surface area contributed by atoms with Crippen LogP contribution in [0.2, 0.25) is 5.02 Å². The normalized spacial score (nSPS) is 16.4. The third kappa shape index (κ3) is 5.34. The lowest BCUT2D eigenvalue weighted by atomic mass is 10.0. The van der Waals surface area contributed by atoms with Gasteiger partial charge in [0.1, 0.15) is 18.5 Å². The van der Waals surface area contributed by atoms with E-state index in [1.165, 1.54) is 0 Å². The van der Waals surface area contributed by atoms with Gasteiger partial charge in [-0.3, -0.25) is 4.90 Å². The second-order valence-electron chi connectivity index (χ2n) is 7.60. The summed E-state index contributed by atoms with van der Waals surface area (Å²) in [4.78, 5) is 13.0. The Labute approximate surface area is 172 Å². The fourth-order valence-electron chi connectivity index (χ4n) is 3.37. The summed E-state index contributed by atoms with van der Waals surface area (Å²) in [6.07, 6.45) is 2.98. The number of aryl methyl sites for hydroxylation is 1. The van der Waals surface area contributed by atoms with Crippen molar-refractivity contribution in [2.45, 2.75) is 32.8 Å². The number of ether oxygens (including phenoxy) is 1. The largest absolute Gasteiger partial charge is 0.491 e. The second-order valence-corrected chi connectivity index (χ2v) is 8.00. The third-order valence-corrected chi connectivity index (χ3v) is 5.43. The number of nitrogens with zero attached hydrogens (tertiary/aromatic N) is 4. The van der Waals surface area contributed by atoms with Crippen molar-refractivity contribution in [3.05, 3.63) is 46.7 Å². The van der Waals surface area contributed by atoms with Gasteiger partial charge in [0.2, 0.25) is 5.95 Å². The van der Waals surface area contributed by atoms with Gasteiger partial charge in [-0.2, -0.15) is 0 Å². The first-order chi connectivity index (χ1) is 13.4. The summed E-state index contributed by atoms with van der Waals surface area (Å²) < 4.78 is 5.96. The predicted molar refractivity (Wildman–Crippen MR) is 112 cm³/mol. The van der Waals surface area contributed by atoms with Crippen LogP contribution < -0.4 is 9.64 Å². The van der Waals surface area contributed by atoms with E-state index < -0.39 is 6.10 Å². The van der Waals surface area contributed by atoms with Gasteiger partial charge < -0.3 is 14.7 Å². The van der Waals surface area contributed by atoms with E-state index >= 15 is 0 Å². The average Bonchev–Trinajstić information content (AvgIpc) is 2.69. The first-order valence-corrected chi connectivity index (χ1v) is 10.2. The van der Waals surface area contributed by atoms with Gasteiger partial charge in [0.05, 0.1) is 0 Å². The van der Waals surface area contributed by atoms with Gasteiger partial charge in [0.25, 0.3) is 0 Å². The maximum atomic E-state index is 10.5. The Morgan fingerprint density at radius 3 is 2.46 bits per heavy atom. The minimum absolute atomic E-state index is 0.267. The van der Waals surface area contributed by atoms with Crippen LogP contribution in [0.15, 0.2) is 30.6 Å². The molecule has 1 saturated heterocycles. The molecular weight excluding hydrogens is 376 g/mol. The molecule has 1 atom stereocenters. The fraction of sp³-hybridized carbons (Fsp3) is 0.524. The molecule has 6 nitrogen and oxygen atoms in total. The van der Waals surface area contributed by atoms with Crippen LogP contribution in [0, 0.1) is 6.92 Å². The minimum atomic E-state index is -0.546. The highest BCUT2D eigenvalue weighted by molar-refractivity contribution is 6.31. The van der Waals surface area contributed by atoms with E-state index in [2.05, 4.69) is 33.6 Å². The van der Waals surface area contributed by atoms with Crippen LogP contribution in [0.1, 0.15) is 30.9 Å². The zero-order chi connectivity index (χ0) is 20.1. The van der Waals surface area contributed by atoms with Gasteiger partial charge in [0, 0.05) is 50.1 Å². The molecule has 2 aromatic rings. The number of β-amino-alcohol motifs (C(OH)–C–C–N with tert-alkyl or cyclic N) is 1. The van der Waals surface area contributed by atoms with Crippen LogP contribution in [-0.2, 0) is 0 Å². The Morgan fingerprint density at radius 2 is 1.82 bits per heavy atom. The van der Waals surface area contributed by atoms with Crippen LogP contribution in [-0.4, -0.2) is 65.4 Å². The van der Waals surface area contributed by atoms with Crippen molar-refractivity contribution in [3.63, 3.8) is 0 Å². The highest BCUT2D eigenvalue weighted by atomic mass is 35.5. The van der Waals surface area contributed by atoms with Gasteiger partial charge in [-0.25, -0.2) is 9.97 Å². The lowest BCUT2D eigenvalue weighted by Crippen LogP contribution is -2.49. The molecule has 1 N–H and O–H groups in total. The standard InChI is InChI=1S/C21H29ClN4O2/c1-15(2)18-12-19(22)16(3)11-20(18)28-14-17(27)13-25-7-9-26(10-8-25)21-23-5-4-6-24-21/h4-6,11-12,15,17,27H,7-10,13-14H2,1-3H3/t17-/m1/s1. The fourth-order valence-corrected chi connectivity index (χ4v) is 3.54. The first-order valence-electron chi connectivity index (χ1n) is 9.79. The second kappa shape index (κ2) is 9.54. The molecule has 0 radical (unpaired) electrons. The lowest BCUT2D eigenvalue weighted by molar-refractivity contribution is 0.0658. The Morgan fingerprint density at radius 1 is 1.14 bits per heavy atom. The molecule has 2 heterocycles. The third-order valence-electron chi connectivity index (χ3n) is 5.02. The Bertz CT molecular complexity index is 765. The predicted octanol–water partition coefficient (Wildman–Crippen LogP) is 3.12. The molecule has 1 aliphatic rings. The quantitative estimate of drug-likeness (QED) is 0.765. The number of hydrogen-bond donors (Lipinski definition) is 1. The summed E-state index contributed by atoms with van der Waals surface area (Å²) in [5.41, 5.74) is 2.05. The van der Waals surface area contributed by atoms with Crippen molar-refractivity contribution in [2.24, 2.45) is 0 Å². The van der Waals surface area contributed by atoms with E-state index in [1.54, 1.807) is 12.4 Å². The molecule has 3 rings (SSSR count). The SMILES string of the molecule is Cc1cc(OC[C@H](O)CN2CCN(c3ncccn3)CC2)c(C(C)C)cc1Cl. The Balaban J connectivity index is 1.49. The van der Waals surface area contributed by atoms with Crippen LogP contribution in [0.4, 0.5) is 5.95 Å². The van der Waals surface area contributed by atoms with E-state index in [9.17, 15) is 5.11 Å². The van der Waals surface area contributed by atoms with Crippen LogP contribution in [0.3, 0.4) is 0 Å². The van der Waals surface area contributed by atoms with E-state index in [1.807, 2.05) is 25.1 Å². The molecule has 0 unspecified atom stereocenters. The number of rotatable bonds is 7. The van der Waals surface area contributed by atoms with Gasteiger partial charge in [0.15, 0.2) is 0 Å². The Kier molecular flexibility index (Phi) is 7.10. The van der Waals surface area contributed by atoms with E-state index in [4.69, 9.17) is 16.3 Å². The minimum Gasteiger partial charge on any atom is -0.491 e. The van der Waals surface area contributed by atoms with Crippen molar-refractivity contribution in [1.29, 1.82) is 0 Å². The van der Waals surface area contributed by atoms with Gasteiger partial charge in [-0.15, -0.1) is 0 Å². The average molecular weight is 405 g/mol. The smallest absolute Gasteiger partial charge is 0.225 e. The first kappa shape index (κ1) is 20.8. The number of piperazine rings is 1. The molecule has 1 fully saturated rings. The van der Waals surface area contributed by atoms with Crippen LogP contribution >= 0.6 is 11.6 Å². The molecule has 0 aliphatic carbocycles. The molecule has 28 heavy (non-hydrogen) atoms. The summed E-state index contributed by atoms with van der Waals surface area (Å²) in [5, 5.41) is 11.2. The van der Waals surface area contributed by atoms with Crippen molar-refractivity contribution in [2.75, 3.05) is 44.2 Å². The Hall–Kier alpha value is -1.89. The molecule has 1 aliphatic heterocycles. The molecule has 1 aromatic carbocycles. The van der Waals surface area contributed by atoms with Gasteiger partial charge >= 0.3 is 0 Å². The van der Waals surface area contributed by atoms with Crippen molar-refractivity contribution >= 4 is 17.5 Å². The number of benzene rings is 1. The van der Waals surface area contributed by atoms with E-state index in [0.717, 1.165) is 54.0 Å². The molecule has 7 heteroatoms. The number of hydrogen-bond acceptors (Lipinski definition) is 6. The highest BCUT2D eigenvalue weighted by Crippen LogP contribution is 2.32. The molecule has 1 aromatic heterocycles. The topological polar surface area (TPSA) is 61.7 Å². The molecule has 0 spiro atoms. The summed E-state index contributed by atoms with van der Waals surface area (Å²) in [5.74, 6) is 1.88. The number of aliphatic hydroxyl groups is 1. The molecule has 152 valence electrons. The highest BCUT2D eigenvalue weighted by Gasteiger charge is 2.21. The van der Waals surface area contributed by atoms with E-state index in [-0.39, 0.29) is 6.61 Å². The molecule has 0 saturated carbocycles. The van der Waals surface area contributed by atoms with Crippen molar-refractivity contribution in [1.82, 2.24) is 14.9 Å². The number of aromatic nitrogens is 2. The maximum absolute atomic E-state index is 10.5. The van der Waals surface area contributed by atoms with Crippen LogP contribution in [0.25, 0.3) is 0 Å². The summed E-state index contributed by atoms with van der Waals surface area (Å²) in [6.45, 7) is 10.5. The van der Waals surface area contributed by atoms with E-state index in [0.29, 0.717) is 12.5 Å². The van der Waals surface area contributed by atoms with Gasteiger partial charge in [-0.1, -0.05) is 25.4 Å². The number of aliphatic hydroxyl groups excluding tert-OH is 1. The lowest BCUT2D eigenvalue weighted by Gasteiger charge is -2.35. The van der Waals surface area contributed by atoms with Crippen molar-refractivity contribution < 1.29 is 9.84 Å². The van der Waals surface area contributed by atoms with Crippen LogP contribution in [0.5, 0.6) is 5.75 Å². The number of anilines is 1. The summed E-state index contributed by atoms with van der Waals surface area (Å²) in [6, 6.07) is 5.75. The molecular formula is C21H29ClN4O2. The molecule has 0 bridgehead atoms. The number of halogens is 1. The summed E-state index contributed by atoms with van der Waals surface area (Å²) >= 11 is 6.25.